The van der Waals surface area contributed by atoms with Gasteiger partial charge in [-0.05, 0) is 12.1 Å². The third-order valence-corrected chi connectivity index (χ3v) is 3.78. The maximum Gasteiger partial charge on any atom is 0.271 e. The number of halogens is 1. The third-order valence-electron chi connectivity index (χ3n) is 2.02. The summed E-state index contributed by atoms with van der Waals surface area (Å²) in [6.07, 6.45) is 0. The summed E-state index contributed by atoms with van der Waals surface area (Å²) in [4.78, 5) is 11.2. The molecule has 0 saturated heterocycles. The van der Waals surface area contributed by atoms with Crippen molar-refractivity contribution >= 4 is 15.9 Å². The highest BCUT2D eigenvalue weighted by Crippen LogP contribution is 2.29. The van der Waals surface area contributed by atoms with Gasteiger partial charge < -0.3 is 0 Å². The number of sulfonamides is 1. The van der Waals surface area contributed by atoms with Crippen LogP contribution in [0.3, 0.4) is 0 Å². The zero-order valence-corrected chi connectivity index (χ0v) is 7.79. The number of hydrogen-bond acceptors (Lipinski definition) is 3. The van der Waals surface area contributed by atoms with E-state index in [1.165, 1.54) is 24.3 Å². The van der Waals surface area contributed by atoms with Gasteiger partial charge in [0, 0.05) is 0 Å². The summed E-state index contributed by atoms with van der Waals surface area (Å²) < 4.78 is 35.5. The number of alkyl halides is 1. The molecule has 1 aromatic rings. The van der Waals surface area contributed by atoms with Gasteiger partial charge in [0.15, 0.2) is 6.80 Å². The summed E-state index contributed by atoms with van der Waals surface area (Å²) in [6, 6.07) is 5.68. The number of carbonyl (C=O) groups excluding carboxylic acids is 1. The maximum absolute atomic E-state index is 12.3. The summed E-state index contributed by atoms with van der Waals surface area (Å²) in [6.45, 7) is -1.32. The molecular formula is C8H6FNO3S. The molecule has 1 aliphatic rings. The van der Waals surface area contributed by atoms with Crippen LogP contribution in [0.4, 0.5) is 4.39 Å². The van der Waals surface area contributed by atoms with Gasteiger partial charge in [-0.3, -0.25) is 4.79 Å². The van der Waals surface area contributed by atoms with E-state index in [1.54, 1.807) is 0 Å². The second-order valence-electron chi connectivity index (χ2n) is 2.77. The highest BCUT2D eigenvalue weighted by atomic mass is 32.2. The minimum absolute atomic E-state index is 0.0325. The second kappa shape index (κ2) is 2.78. The monoisotopic (exact) mass is 215 g/mol. The van der Waals surface area contributed by atoms with Crippen LogP contribution in [0.25, 0.3) is 0 Å². The smallest absolute Gasteiger partial charge is 0.268 e. The summed E-state index contributed by atoms with van der Waals surface area (Å²) >= 11 is 0. The Morgan fingerprint density at radius 1 is 1.29 bits per heavy atom. The fourth-order valence-electron chi connectivity index (χ4n) is 1.35. The van der Waals surface area contributed by atoms with Crippen LogP contribution >= 0.6 is 0 Å². The summed E-state index contributed by atoms with van der Waals surface area (Å²) in [7, 11) is -3.94. The van der Waals surface area contributed by atoms with Gasteiger partial charge in [-0.2, -0.15) is 0 Å². The Kier molecular flexibility index (Phi) is 1.81. The van der Waals surface area contributed by atoms with E-state index >= 15 is 0 Å². The number of fused-ring (bicyclic) bond motifs is 1. The van der Waals surface area contributed by atoms with Gasteiger partial charge in [-0.15, -0.1) is 0 Å². The molecule has 0 N–H and O–H groups in total. The molecule has 0 spiro atoms. The van der Waals surface area contributed by atoms with Crippen LogP contribution in [0.1, 0.15) is 10.4 Å². The van der Waals surface area contributed by atoms with Crippen LogP contribution in [-0.4, -0.2) is 25.4 Å². The fourth-order valence-corrected chi connectivity index (χ4v) is 2.72. The van der Waals surface area contributed by atoms with Crippen molar-refractivity contribution in [1.82, 2.24) is 4.31 Å². The molecule has 4 nitrogen and oxygen atoms in total. The molecule has 1 heterocycles. The standard InChI is InChI=1S/C8H6FNO3S/c9-5-10-8(11)6-3-1-2-4-7(6)14(10,12)13/h1-4H,5H2. The molecule has 0 saturated carbocycles. The molecule has 0 bridgehead atoms. The van der Waals surface area contributed by atoms with E-state index in [2.05, 4.69) is 0 Å². The average Bonchev–Trinajstić information content (AvgIpc) is 2.36. The molecule has 0 aliphatic carbocycles. The molecule has 0 fully saturated rings. The van der Waals surface area contributed by atoms with Gasteiger partial charge in [0.25, 0.3) is 15.9 Å². The van der Waals surface area contributed by atoms with E-state index in [0.717, 1.165) is 0 Å². The van der Waals surface area contributed by atoms with E-state index in [9.17, 15) is 17.6 Å². The van der Waals surface area contributed by atoms with Crippen molar-refractivity contribution < 1.29 is 17.6 Å². The first kappa shape index (κ1) is 9.14. The van der Waals surface area contributed by atoms with E-state index in [0.29, 0.717) is 0 Å². The molecule has 1 aliphatic heterocycles. The molecule has 1 amide bonds. The van der Waals surface area contributed by atoms with Gasteiger partial charge in [0.05, 0.1) is 5.56 Å². The van der Waals surface area contributed by atoms with E-state index < -0.39 is 22.7 Å². The molecule has 0 radical (unpaired) electrons. The predicted molar refractivity (Wildman–Crippen MR) is 45.8 cm³/mol. The largest absolute Gasteiger partial charge is 0.271 e. The summed E-state index contributed by atoms with van der Waals surface area (Å²) in [5.41, 5.74) is 0.0325. The third kappa shape index (κ3) is 0.971. The zero-order chi connectivity index (χ0) is 10.3. The number of amides is 1. The fraction of sp³-hybridized carbons (Fsp3) is 0.125. The molecule has 6 heteroatoms. The first-order chi connectivity index (χ1) is 6.59. The number of rotatable bonds is 1. The Labute approximate surface area is 80.0 Å². The molecule has 1 aromatic carbocycles. The minimum Gasteiger partial charge on any atom is -0.268 e. The highest BCUT2D eigenvalue weighted by molar-refractivity contribution is 7.90. The van der Waals surface area contributed by atoms with E-state index in [-0.39, 0.29) is 14.8 Å². The highest BCUT2D eigenvalue weighted by Gasteiger charge is 2.40. The summed E-state index contributed by atoms with van der Waals surface area (Å²) in [5.74, 6) is -0.803. The van der Waals surface area contributed by atoms with Gasteiger partial charge >= 0.3 is 0 Å². The van der Waals surface area contributed by atoms with Crippen molar-refractivity contribution in [1.29, 1.82) is 0 Å². The first-order valence-electron chi connectivity index (χ1n) is 3.81. The Balaban J connectivity index is 2.74. The van der Waals surface area contributed by atoms with Crippen LogP contribution in [0, 0.1) is 0 Å². The number of hydrogen-bond donors (Lipinski definition) is 0. The zero-order valence-electron chi connectivity index (χ0n) is 6.97. The lowest BCUT2D eigenvalue weighted by Crippen LogP contribution is -2.28. The van der Waals surface area contributed by atoms with E-state index in [4.69, 9.17) is 0 Å². The predicted octanol–water partition coefficient (Wildman–Crippen LogP) is 0.758. The van der Waals surface area contributed by atoms with Gasteiger partial charge in [0.2, 0.25) is 0 Å². The Hall–Kier alpha value is -1.43. The van der Waals surface area contributed by atoms with Gasteiger partial charge in [0.1, 0.15) is 4.90 Å². The molecule has 14 heavy (non-hydrogen) atoms. The van der Waals surface area contributed by atoms with Crippen LogP contribution in [0.2, 0.25) is 0 Å². The van der Waals surface area contributed by atoms with Crippen LogP contribution in [-0.2, 0) is 10.0 Å². The normalized spacial score (nSPS) is 18.4. The van der Waals surface area contributed by atoms with Crippen molar-refractivity contribution in [3.8, 4) is 0 Å². The average molecular weight is 215 g/mol. The quantitative estimate of drug-likeness (QED) is 0.650. The van der Waals surface area contributed by atoms with Gasteiger partial charge in [-0.25, -0.2) is 17.1 Å². The van der Waals surface area contributed by atoms with Crippen molar-refractivity contribution in [2.24, 2.45) is 0 Å². The van der Waals surface area contributed by atoms with E-state index in [1.807, 2.05) is 0 Å². The van der Waals surface area contributed by atoms with Gasteiger partial charge in [-0.1, -0.05) is 12.1 Å². The van der Waals surface area contributed by atoms with Crippen molar-refractivity contribution in [2.75, 3.05) is 6.80 Å². The van der Waals surface area contributed by atoms with Crippen LogP contribution < -0.4 is 0 Å². The maximum atomic E-state index is 12.3. The van der Waals surface area contributed by atoms with Crippen LogP contribution in [0.5, 0.6) is 0 Å². The SMILES string of the molecule is O=C1c2ccccc2S(=O)(=O)N1CF. The lowest BCUT2D eigenvalue weighted by atomic mass is 10.2. The molecule has 0 atom stereocenters. The van der Waals surface area contributed by atoms with Crippen molar-refractivity contribution in [3.63, 3.8) is 0 Å². The molecular weight excluding hydrogens is 209 g/mol. The molecule has 0 unspecified atom stereocenters. The first-order valence-corrected chi connectivity index (χ1v) is 5.25. The molecule has 74 valence electrons. The van der Waals surface area contributed by atoms with Crippen molar-refractivity contribution in [3.05, 3.63) is 29.8 Å². The number of benzene rings is 1. The lowest BCUT2D eigenvalue weighted by Gasteiger charge is -2.08. The summed E-state index contributed by atoms with van der Waals surface area (Å²) in [5, 5.41) is 0. The van der Waals surface area contributed by atoms with Crippen molar-refractivity contribution in [2.45, 2.75) is 4.90 Å². The lowest BCUT2D eigenvalue weighted by molar-refractivity contribution is 0.0833. The Morgan fingerprint density at radius 2 is 1.93 bits per heavy atom. The molecule has 2 rings (SSSR count). The second-order valence-corrected chi connectivity index (χ2v) is 4.61. The minimum atomic E-state index is -3.94. The Bertz CT molecular complexity index is 497. The number of carbonyl (C=O) groups is 1. The topological polar surface area (TPSA) is 54.5 Å². The Morgan fingerprint density at radius 3 is 2.50 bits per heavy atom. The van der Waals surface area contributed by atoms with Crippen LogP contribution in [0.15, 0.2) is 29.2 Å². The molecule has 0 aromatic heterocycles. The number of nitrogens with zero attached hydrogens (tertiary/aromatic N) is 1.